The van der Waals surface area contributed by atoms with Crippen molar-refractivity contribution in [2.24, 2.45) is 0 Å². The number of nitrogens with zero attached hydrogens (tertiary/aromatic N) is 2. The maximum atomic E-state index is 12.4. The third-order valence-electron chi connectivity index (χ3n) is 2.35. The topological polar surface area (TPSA) is 77.9 Å². The molecule has 114 valence electrons. The highest BCUT2D eigenvalue weighted by Crippen LogP contribution is 2.35. The predicted molar refractivity (Wildman–Crippen MR) is 79.3 cm³/mol. The first-order valence-corrected chi connectivity index (χ1v) is 8.47. The van der Waals surface area contributed by atoms with Crippen LogP contribution in [0.4, 0.5) is 0 Å². The lowest BCUT2D eigenvalue weighted by atomic mass is 10.5. The summed E-state index contributed by atoms with van der Waals surface area (Å²) >= 11 is 12.5. The first kappa shape index (κ1) is 17.7. The van der Waals surface area contributed by atoms with Gasteiger partial charge in [-0.2, -0.15) is 4.31 Å². The number of carbonyl (C=O) groups is 1. The van der Waals surface area contributed by atoms with Gasteiger partial charge in [0.05, 0.1) is 4.34 Å². The molecule has 20 heavy (non-hydrogen) atoms. The number of hydrogen-bond acceptors (Lipinski definition) is 5. The van der Waals surface area contributed by atoms with E-state index in [9.17, 15) is 13.2 Å². The summed E-state index contributed by atoms with van der Waals surface area (Å²) in [5, 5.41) is 8.86. The first-order valence-electron chi connectivity index (χ1n) is 5.46. The smallest absolute Gasteiger partial charge is 0.318 e. The monoisotopic (exact) mass is 360 g/mol. The molecule has 0 bridgehead atoms. The van der Waals surface area contributed by atoms with Crippen LogP contribution in [0.1, 0.15) is 0 Å². The summed E-state index contributed by atoms with van der Waals surface area (Å²) in [5.74, 6) is -1.23. The molecule has 1 heterocycles. The molecule has 0 saturated heterocycles. The SMILES string of the molecule is CN(C)CCN(CC(=O)O)S(=O)(=O)c1cc(Cl)sc1Cl. The van der Waals surface area contributed by atoms with Gasteiger partial charge in [-0.3, -0.25) is 4.79 Å². The van der Waals surface area contributed by atoms with E-state index in [0.717, 1.165) is 15.6 Å². The Morgan fingerprint density at radius 3 is 2.35 bits per heavy atom. The van der Waals surface area contributed by atoms with E-state index in [-0.39, 0.29) is 20.1 Å². The lowest BCUT2D eigenvalue weighted by Crippen LogP contribution is -2.39. The normalized spacial score (nSPS) is 12.3. The molecule has 0 unspecified atom stereocenters. The number of halogens is 2. The quantitative estimate of drug-likeness (QED) is 0.800. The molecule has 1 rings (SSSR count). The second kappa shape index (κ2) is 7.06. The Hall–Kier alpha value is -0.380. The molecule has 0 aliphatic carbocycles. The molecule has 1 aromatic rings. The Kier molecular flexibility index (Phi) is 6.24. The molecule has 1 N–H and O–H groups in total. The molecular weight excluding hydrogens is 347 g/mol. The lowest BCUT2D eigenvalue weighted by molar-refractivity contribution is -0.137. The Bertz CT molecular complexity index is 586. The van der Waals surface area contributed by atoms with E-state index in [1.54, 1.807) is 19.0 Å². The van der Waals surface area contributed by atoms with Crippen LogP contribution in [0.2, 0.25) is 8.67 Å². The average Bonchev–Trinajstić information content (AvgIpc) is 2.63. The second-order valence-corrected chi connectivity index (χ2v) is 8.42. The summed E-state index contributed by atoms with van der Waals surface area (Å²) in [7, 11) is -0.454. The molecule has 0 amide bonds. The number of carboxylic acid groups (broad SMARTS) is 1. The van der Waals surface area contributed by atoms with E-state index < -0.39 is 22.5 Å². The van der Waals surface area contributed by atoms with Crippen molar-refractivity contribution in [3.63, 3.8) is 0 Å². The van der Waals surface area contributed by atoms with Crippen LogP contribution in [-0.2, 0) is 14.8 Å². The van der Waals surface area contributed by atoms with E-state index in [0.29, 0.717) is 6.54 Å². The van der Waals surface area contributed by atoms with Crippen molar-refractivity contribution >= 4 is 50.5 Å². The van der Waals surface area contributed by atoms with Gasteiger partial charge in [-0.05, 0) is 20.2 Å². The maximum Gasteiger partial charge on any atom is 0.318 e. The Labute approximate surface area is 131 Å². The predicted octanol–water partition coefficient (Wildman–Crippen LogP) is 1.69. The largest absolute Gasteiger partial charge is 0.480 e. The maximum absolute atomic E-state index is 12.4. The molecule has 0 radical (unpaired) electrons. The molecule has 0 aliphatic heterocycles. The van der Waals surface area contributed by atoms with E-state index in [1.807, 2.05) is 0 Å². The highest BCUT2D eigenvalue weighted by molar-refractivity contribution is 7.89. The first-order chi connectivity index (χ1) is 9.14. The van der Waals surface area contributed by atoms with Gasteiger partial charge in [0, 0.05) is 13.1 Å². The number of thiophene rings is 1. The van der Waals surface area contributed by atoms with E-state index in [4.69, 9.17) is 28.3 Å². The number of rotatable bonds is 7. The van der Waals surface area contributed by atoms with Crippen LogP contribution >= 0.6 is 34.5 Å². The zero-order valence-corrected chi connectivity index (χ0v) is 14.0. The standard InChI is InChI=1S/C10H14Cl2N2O4S2/c1-13(2)3-4-14(6-9(15)16)20(17,18)7-5-8(11)19-10(7)12/h5H,3-4,6H2,1-2H3,(H,15,16). The highest BCUT2D eigenvalue weighted by Gasteiger charge is 2.30. The molecule has 0 saturated carbocycles. The molecule has 0 aromatic carbocycles. The van der Waals surface area contributed by atoms with Crippen molar-refractivity contribution in [3.05, 3.63) is 14.7 Å². The van der Waals surface area contributed by atoms with Gasteiger partial charge < -0.3 is 10.0 Å². The van der Waals surface area contributed by atoms with Crippen LogP contribution in [-0.4, -0.2) is 62.4 Å². The summed E-state index contributed by atoms with van der Waals surface area (Å²) in [4.78, 5) is 12.4. The number of likely N-dealkylation sites (N-methyl/N-ethyl adjacent to an activating group) is 1. The van der Waals surface area contributed by atoms with Crippen molar-refractivity contribution in [2.75, 3.05) is 33.7 Å². The van der Waals surface area contributed by atoms with Gasteiger partial charge in [0.1, 0.15) is 15.8 Å². The minimum atomic E-state index is -3.98. The third kappa shape index (κ3) is 4.57. The fourth-order valence-electron chi connectivity index (χ4n) is 1.39. The van der Waals surface area contributed by atoms with E-state index >= 15 is 0 Å². The molecule has 1 aromatic heterocycles. The van der Waals surface area contributed by atoms with Gasteiger partial charge in [-0.1, -0.05) is 23.2 Å². The molecule has 0 fully saturated rings. The summed E-state index contributed by atoms with van der Waals surface area (Å²) < 4.78 is 26.0. The van der Waals surface area contributed by atoms with E-state index in [2.05, 4.69) is 0 Å². The minimum absolute atomic E-state index is 0.0234. The van der Waals surface area contributed by atoms with Crippen LogP contribution in [0.5, 0.6) is 0 Å². The summed E-state index contributed by atoms with van der Waals surface area (Å²) in [6.45, 7) is -0.187. The van der Waals surface area contributed by atoms with Gasteiger partial charge in [0.15, 0.2) is 0 Å². The van der Waals surface area contributed by atoms with Gasteiger partial charge in [-0.15, -0.1) is 11.3 Å². The molecule has 10 heteroatoms. The second-order valence-electron chi connectivity index (χ2n) is 4.22. The molecular formula is C10H14Cl2N2O4S2. The molecule has 0 spiro atoms. The number of hydrogen-bond donors (Lipinski definition) is 1. The highest BCUT2D eigenvalue weighted by atomic mass is 35.5. The van der Waals surface area contributed by atoms with Gasteiger partial charge in [0.25, 0.3) is 0 Å². The molecule has 0 aliphatic rings. The fraction of sp³-hybridized carbons (Fsp3) is 0.500. The number of sulfonamides is 1. The molecule has 6 nitrogen and oxygen atoms in total. The van der Waals surface area contributed by atoms with Crippen molar-refractivity contribution < 1.29 is 18.3 Å². The Balaban J connectivity index is 3.10. The van der Waals surface area contributed by atoms with Crippen LogP contribution in [0.3, 0.4) is 0 Å². The summed E-state index contributed by atoms with van der Waals surface area (Å²) in [6, 6.07) is 1.23. The van der Waals surface area contributed by atoms with Gasteiger partial charge >= 0.3 is 5.97 Å². The number of carboxylic acids is 1. The fourth-order valence-corrected chi connectivity index (χ4v) is 4.88. The Morgan fingerprint density at radius 2 is 1.95 bits per heavy atom. The van der Waals surface area contributed by atoms with Crippen LogP contribution < -0.4 is 0 Å². The minimum Gasteiger partial charge on any atom is -0.480 e. The van der Waals surface area contributed by atoms with Crippen molar-refractivity contribution in [2.45, 2.75) is 4.90 Å². The van der Waals surface area contributed by atoms with Gasteiger partial charge in [0.2, 0.25) is 10.0 Å². The van der Waals surface area contributed by atoms with Crippen LogP contribution in [0.15, 0.2) is 11.0 Å². The molecule has 0 atom stereocenters. The van der Waals surface area contributed by atoms with Crippen molar-refractivity contribution in [3.8, 4) is 0 Å². The summed E-state index contributed by atoms with van der Waals surface area (Å²) in [6.07, 6.45) is 0. The lowest BCUT2D eigenvalue weighted by Gasteiger charge is -2.21. The van der Waals surface area contributed by atoms with Gasteiger partial charge in [-0.25, -0.2) is 8.42 Å². The number of aliphatic carboxylic acids is 1. The Morgan fingerprint density at radius 1 is 1.35 bits per heavy atom. The zero-order valence-electron chi connectivity index (χ0n) is 10.8. The third-order valence-corrected chi connectivity index (χ3v) is 5.95. The van der Waals surface area contributed by atoms with Crippen molar-refractivity contribution in [1.82, 2.24) is 9.21 Å². The zero-order chi connectivity index (χ0) is 15.5. The van der Waals surface area contributed by atoms with E-state index in [1.165, 1.54) is 6.07 Å². The van der Waals surface area contributed by atoms with Crippen LogP contribution in [0, 0.1) is 0 Å². The average molecular weight is 361 g/mol. The summed E-state index contributed by atoms with van der Waals surface area (Å²) in [5.41, 5.74) is 0. The van der Waals surface area contributed by atoms with Crippen molar-refractivity contribution in [1.29, 1.82) is 0 Å². The van der Waals surface area contributed by atoms with Crippen LogP contribution in [0.25, 0.3) is 0 Å².